The highest BCUT2D eigenvalue weighted by Gasteiger charge is 2.52. The highest BCUT2D eigenvalue weighted by atomic mass is 32.2. The van der Waals surface area contributed by atoms with Crippen molar-refractivity contribution in [1.82, 2.24) is 4.98 Å². The van der Waals surface area contributed by atoms with Gasteiger partial charge in [-0.15, -0.1) is 0 Å². The number of fused-ring (bicyclic) bond motifs is 5. The highest BCUT2D eigenvalue weighted by molar-refractivity contribution is 7.91. The molecule has 0 radical (unpaired) electrons. The fourth-order valence-corrected chi connectivity index (χ4v) is 8.16. The van der Waals surface area contributed by atoms with E-state index in [4.69, 9.17) is 0 Å². The van der Waals surface area contributed by atoms with Gasteiger partial charge in [0.25, 0.3) is 0 Å². The second-order valence-electron chi connectivity index (χ2n) is 11.5. The third-order valence-corrected chi connectivity index (χ3v) is 11.5. The second-order valence-corrected chi connectivity index (χ2v) is 14.1. The Morgan fingerprint density at radius 3 is 2.75 bits per heavy atom. The van der Waals surface area contributed by atoms with Crippen LogP contribution in [0.2, 0.25) is 0 Å². The molecular weight excluding hydrogens is 473 g/mol. The summed E-state index contributed by atoms with van der Waals surface area (Å²) in [5, 5.41) is -0.404. The summed E-state index contributed by atoms with van der Waals surface area (Å²) in [6.45, 7) is 5.72. The van der Waals surface area contributed by atoms with E-state index in [1.165, 1.54) is 22.9 Å². The number of allylic oxidation sites excluding steroid dienone is 2. The quantitative estimate of drug-likeness (QED) is 0.397. The fourth-order valence-electron chi connectivity index (χ4n) is 7.14. The number of carbonyl (C=O) groups is 1. The van der Waals surface area contributed by atoms with E-state index in [0.717, 1.165) is 37.7 Å². The molecule has 36 heavy (non-hydrogen) atoms. The number of aryl methyl sites for hydroxylation is 1. The molecule has 4 atom stereocenters. The van der Waals surface area contributed by atoms with E-state index in [1.807, 2.05) is 6.07 Å². The predicted octanol–water partition coefficient (Wildman–Crippen LogP) is 6.56. The van der Waals surface area contributed by atoms with Crippen LogP contribution in [-0.2, 0) is 16.3 Å². The van der Waals surface area contributed by atoms with Crippen molar-refractivity contribution in [1.29, 1.82) is 0 Å². The molecule has 1 heterocycles. The first-order valence-corrected chi connectivity index (χ1v) is 15.0. The van der Waals surface area contributed by atoms with Crippen LogP contribution in [0.5, 0.6) is 0 Å². The number of aromatic nitrogens is 1. The van der Waals surface area contributed by atoms with Crippen LogP contribution in [0.4, 0.5) is 4.39 Å². The number of carbonyl (C=O) groups excluding carboxylic acids is 1. The predicted molar refractivity (Wildman–Crippen MR) is 141 cm³/mol. The SMILES string of the molecule is CC(C)S(=O)(=O)CCCC(=O)c1ccc2c(c1)CC[C@@H]1[C@@H]2CC[C@]2(C)C(c3cncc(F)c3)=CC[C@@H]12. The minimum Gasteiger partial charge on any atom is -0.294 e. The molecule has 3 aliphatic rings. The summed E-state index contributed by atoms with van der Waals surface area (Å²) in [6.07, 6.45) is 11.2. The van der Waals surface area contributed by atoms with Gasteiger partial charge in [-0.25, -0.2) is 12.8 Å². The number of hydrogen-bond donors (Lipinski definition) is 0. The zero-order valence-corrected chi connectivity index (χ0v) is 22.3. The maximum atomic E-state index is 13.9. The molecule has 0 N–H and O–H groups in total. The maximum Gasteiger partial charge on any atom is 0.162 e. The maximum absolute atomic E-state index is 13.9. The zero-order chi connectivity index (χ0) is 25.7. The molecule has 0 amide bonds. The number of halogens is 1. The number of pyridine rings is 1. The minimum absolute atomic E-state index is 0.0310. The Morgan fingerprint density at radius 1 is 1.19 bits per heavy atom. The lowest BCUT2D eigenvalue weighted by molar-refractivity contribution is 0.0884. The molecule has 0 bridgehead atoms. The summed E-state index contributed by atoms with van der Waals surface area (Å²) in [5.74, 6) is 1.41. The van der Waals surface area contributed by atoms with E-state index < -0.39 is 15.1 Å². The monoisotopic (exact) mass is 509 g/mol. The van der Waals surface area contributed by atoms with Gasteiger partial charge in [-0.3, -0.25) is 9.78 Å². The van der Waals surface area contributed by atoms with Crippen LogP contribution in [0.15, 0.2) is 42.7 Å². The van der Waals surface area contributed by atoms with Crippen LogP contribution in [0.1, 0.15) is 92.3 Å². The smallest absolute Gasteiger partial charge is 0.162 e. The van der Waals surface area contributed by atoms with Crippen molar-refractivity contribution in [2.24, 2.45) is 17.3 Å². The first-order valence-electron chi connectivity index (χ1n) is 13.3. The Bertz CT molecular complexity index is 1320. The number of rotatable bonds is 7. The normalized spacial score (nSPS) is 27.2. The van der Waals surface area contributed by atoms with Gasteiger partial charge in [0, 0.05) is 18.2 Å². The number of ketones is 1. The van der Waals surface area contributed by atoms with Crippen LogP contribution in [0.25, 0.3) is 5.57 Å². The van der Waals surface area contributed by atoms with E-state index in [1.54, 1.807) is 26.1 Å². The summed E-state index contributed by atoms with van der Waals surface area (Å²) in [7, 11) is -3.12. The third kappa shape index (κ3) is 4.46. The molecule has 0 saturated heterocycles. The largest absolute Gasteiger partial charge is 0.294 e. The Balaban J connectivity index is 1.30. The van der Waals surface area contributed by atoms with Gasteiger partial charge in [0.15, 0.2) is 15.6 Å². The number of sulfone groups is 1. The molecule has 2 aromatic rings. The van der Waals surface area contributed by atoms with Gasteiger partial charge in [-0.05, 0) is 110 Å². The van der Waals surface area contributed by atoms with Crippen molar-refractivity contribution >= 4 is 21.2 Å². The van der Waals surface area contributed by atoms with Gasteiger partial charge >= 0.3 is 0 Å². The summed E-state index contributed by atoms with van der Waals surface area (Å²) in [5.41, 5.74) is 5.58. The molecule has 1 fully saturated rings. The molecule has 6 heteroatoms. The summed E-state index contributed by atoms with van der Waals surface area (Å²) in [4.78, 5) is 16.9. The van der Waals surface area contributed by atoms with Crippen molar-refractivity contribution in [2.45, 2.75) is 76.9 Å². The highest BCUT2D eigenvalue weighted by Crippen LogP contribution is 2.63. The number of hydrogen-bond acceptors (Lipinski definition) is 4. The van der Waals surface area contributed by atoms with E-state index in [9.17, 15) is 17.6 Å². The first kappa shape index (κ1) is 25.3. The van der Waals surface area contributed by atoms with Crippen molar-refractivity contribution in [3.63, 3.8) is 0 Å². The van der Waals surface area contributed by atoms with Gasteiger partial charge in [0.05, 0.1) is 17.2 Å². The molecule has 192 valence electrons. The number of Topliss-reactive ketones (excluding diaryl/α,β-unsaturated/α-hetero) is 1. The molecule has 4 nitrogen and oxygen atoms in total. The molecule has 3 aliphatic carbocycles. The first-order chi connectivity index (χ1) is 17.1. The van der Waals surface area contributed by atoms with Gasteiger partial charge < -0.3 is 0 Å². The second kappa shape index (κ2) is 9.51. The average molecular weight is 510 g/mol. The van der Waals surface area contributed by atoms with E-state index >= 15 is 0 Å². The summed E-state index contributed by atoms with van der Waals surface area (Å²) < 4.78 is 38.0. The van der Waals surface area contributed by atoms with Crippen LogP contribution in [0.3, 0.4) is 0 Å². The molecule has 5 rings (SSSR count). The van der Waals surface area contributed by atoms with E-state index in [0.29, 0.717) is 29.7 Å². The molecule has 1 aromatic heterocycles. The average Bonchev–Trinajstić information content (AvgIpc) is 3.20. The summed E-state index contributed by atoms with van der Waals surface area (Å²) >= 11 is 0. The topological polar surface area (TPSA) is 64.1 Å². The Morgan fingerprint density at radius 2 is 2.00 bits per heavy atom. The fraction of sp³-hybridized carbons (Fsp3) is 0.533. The minimum atomic E-state index is -3.12. The molecule has 0 unspecified atom stereocenters. The van der Waals surface area contributed by atoms with Crippen molar-refractivity contribution in [3.05, 3.63) is 70.8 Å². The number of nitrogens with zero attached hydrogens (tertiary/aromatic N) is 1. The van der Waals surface area contributed by atoms with Crippen LogP contribution in [-0.4, -0.2) is 30.2 Å². The lowest BCUT2D eigenvalue weighted by atomic mass is 9.54. The van der Waals surface area contributed by atoms with Crippen molar-refractivity contribution in [3.8, 4) is 0 Å². The molecule has 1 saturated carbocycles. The van der Waals surface area contributed by atoms with E-state index in [2.05, 4.69) is 30.1 Å². The number of benzene rings is 1. The Kier molecular flexibility index (Phi) is 6.69. The van der Waals surface area contributed by atoms with Crippen LogP contribution in [0, 0.1) is 23.1 Å². The van der Waals surface area contributed by atoms with Gasteiger partial charge in [-0.2, -0.15) is 0 Å². The van der Waals surface area contributed by atoms with Gasteiger partial charge in [-0.1, -0.05) is 25.1 Å². The van der Waals surface area contributed by atoms with Crippen molar-refractivity contribution in [2.75, 3.05) is 5.75 Å². The van der Waals surface area contributed by atoms with Crippen molar-refractivity contribution < 1.29 is 17.6 Å². The standard InChI is InChI=1S/C30H36FNO3S/c1-19(2)36(34,35)14-4-5-29(33)21-7-8-24-20(15-21)6-9-26-25(24)12-13-30(3)27(10-11-28(26)30)22-16-23(31)18-32-17-22/h7-8,10,15-19,25-26,28H,4-6,9,11-14H2,1-3H3/t25-,26-,28+,30-/m1/s1. The molecule has 0 spiro atoms. The van der Waals surface area contributed by atoms with Gasteiger partial charge in [0.2, 0.25) is 0 Å². The Hall–Kier alpha value is -2.34. The zero-order valence-electron chi connectivity index (χ0n) is 21.5. The summed E-state index contributed by atoms with van der Waals surface area (Å²) in [6, 6.07) is 7.79. The molecule has 0 aliphatic heterocycles. The Labute approximate surface area is 214 Å². The molecular formula is C30H36FNO3S. The lowest BCUT2D eigenvalue weighted by Gasteiger charge is -2.50. The van der Waals surface area contributed by atoms with Crippen LogP contribution < -0.4 is 0 Å². The third-order valence-electron chi connectivity index (χ3n) is 9.20. The van der Waals surface area contributed by atoms with Crippen LogP contribution >= 0.6 is 0 Å². The lowest BCUT2D eigenvalue weighted by Crippen LogP contribution is -2.41. The van der Waals surface area contributed by atoms with E-state index in [-0.39, 0.29) is 29.2 Å². The van der Waals surface area contributed by atoms with Gasteiger partial charge in [0.1, 0.15) is 5.82 Å². The molecule has 1 aromatic carbocycles.